The third kappa shape index (κ3) is 5.98. The zero-order valence-electron chi connectivity index (χ0n) is 20.2. The lowest BCUT2D eigenvalue weighted by Crippen LogP contribution is -2.36. The number of anilines is 2. The molecule has 2 aromatic carbocycles. The van der Waals surface area contributed by atoms with Crippen molar-refractivity contribution in [1.29, 1.82) is 0 Å². The van der Waals surface area contributed by atoms with E-state index >= 15 is 0 Å². The number of nitrogens with zero attached hydrogens (tertiary/aromatic N) is 4. The van der Waals surface area contributed by atoms with E-state index in [1.165, 1.54) is 18.2 Å². The number of nitrogens with one attached hydrogen (secondary N) is 1. The van der Waals surface area contributed by atoms with Gasteiger partial charge in [-0.05, 0) is 55.0 Å². The van der Waals surface area contributed by atoms with Crippen molar-refractivity contribution in [1.82, 2.24) is 14.5 Å². The lowest BCUT2D eigenvalue weighted by atomic mass is 10.2. The number of unbranched alkanes of at least 4 members (excludes halogenated alkanes) is 1. The van der Waals surface area contributed by atoms with E-state index in [1.807, 2.05) is 23.8 Å². The van der Waals surface area contributed by atoms with Gasteiger partial charge in [-0.3, -0.25) is 9.10 Å². The molecular formula is C25H25Cl2N5O4S. The zero-order valence-corrected chi connectivity index (χ0v) is 22.5. The predicted molar refractivity (Wildman–Crippen MR) is 145 cm³/mol. The highest BCUT2D eigenvalue weighted by Gasteiger charge is 2.29. The van der Waals surface area contributed by atoms with Crippen LogP contribution in [0.4, 0.5) is 11.6 Å². The van der Waals surface area contributed by atoms with E-state index in [0.717, 1.165) is 21.6 Å². The maximum atomic E-state index is 13.7. The van der Waals surface area contributed by atoms with E-state index in [4.69, 9.17) is 27.9 Å². The summed E-state index contributed by atoms with van der Waals surface area (Å²) in [4.78, 5) is 21.1. The van der Waals surface area contributed by atoms with Gasteiger partial charge in [0, 0.05) is 34.9 Å². The minimum absolute atomic E-state index is 0.135. The number of benzene rings is 2. The second-order valence-electron chi connectivity index (χ2n) is 8.11. The van der Waals surface area contributed by atoms with Crippen LogP contribution in [0.15, 0.2) is 65.8 Å². The fourth-order valence-corrected chi connectivity index (χ4v) is 5.83. The molecule has 0 aliphatic rings. The Morgan fingerprint density at radius 2 is 1.86 bits per heavy atom. The maximum absolute atomic E-state index is 13.7. The van der Waals surface area contributed by atoms with Gasteiger partial charge in [0.15, 0.2) is 0 Å². The number of rotatable bonds is 10. The molecule has 4 aromatic rings. The van der Waals surface area contributed by atoms with Crippen LogP contribution in [-0.4, -0.2) is 49.1 Å². The van der Waals surface area contributed by atoms with Crippen molar-refractivity contribution >= 4 is 61.7 Å². The van der Waals surface area contributed by atoms with Gasteiger partial charge in [0.1, 0.15) is 12.4 Å². The van der Waals surface area contributed by atoms with Gasteiger partial charge in [-0.1, -0.05) is 36.5 Å². The van der Waals surface area contributed by atoms with Crippen LogP contribution in [0.25, 0.3) is 16.7 Å². The third-order valence-electron chi connectivity index (χ3n) is 5.53. The Morgan fingerprint density at radius 1 is 1.11 bits per heavy atom. The molecule has 0 atom stereocenters. The largest absolute Gasteiger partial charge is 0.464 e. The van der Waals surface area contributed by atoms with Gasteiger partial charge < -0.3 is 14.6 Å². The molecular weight excluding hydrogens is 537 g/mol. The number of fused-ring (bicyclic) bond motifs is 1. The van der Waals surface area contributed by atoms with Gasteiger partial charge >= 0.3 is 5.97 Å². The van der Waals surface area contributed by atoms with Gasteiger partial charge in [0.05, 0.1) is 22.7 Å². The summed E-state index contributed by atoms with van der Waals surface area (Å²) in [6.07, 6.45) is 4.99. The first-order chi connectivity index (χ1) is 17.7. The van der Waals surface area contributed by atoms with Crippen LogP contribution in [0.5, 0.6) is 0 Å². The molecule has 9 nitrogen and oxygen atoms in total. The summed E-state index contributed by atoms with van der Waals surface area (Å²) in [6.45, 7) is 1.66. The predicted octanol–water partition coefficient (Wildman–Crippen LogP) is 5.31. The number of ether oxygens (including phenoxy) is 1. The normalized spacial score (nSPS) is 11.5. The molecule has 12 heteroatoms. The van der Waals surface area contributed by atoms with E-state index in [-0.39, 0.29) is 27.2 Å². The molecule has 0 aliphatic heterocycles. The number of hydrogen-bond donors (Lipinski definition) is 1. The molecule has 37 heavy (non-hydrogen) atoms. The quantitative estimate of drug-likeness (QED) is 0.206. The molecule has 194 valence electrons. The molecule has 0 unspecified atom stereocenters. The SMILES string of the molecule is CCCCOC(=O)CN(c1ccc2c(ccn2-c2ccnc(NC)n2)c1)S(=O)(=O)c1cc(Cl)cc(Cl)c1. The van der Waals surface area contributed by atoms with Gasteiger partial charge in [-0.2, -0.15) is 4.98 Å². The molecule has 2 aromatic heterocycles. The molecule has 0 amide bonds. The summed E-state index contributed by atoms with van der Waals surface area (Å²) in [7, 11) is -2.49. The Kier molecular flexibility index (Phi) is 8.21. The molecule has 4 rings (SSSR count). The first kappa shape index (κ1) is 26.7. The average molecular weight is 562 g/mol. The topological polar surface area (TPSA) is 106 Å². The average Bonchev–Trinajstić information content (AvgIpc) is 3.30. The third-order valence-corrected chi connectivity index (χ3v) is 7.72. The number of carbonyl (C=O) groups excluding carboxylic acids is 1. The van der Waals surface area contributed by atoms with E-state index in [1.54, 1.807) is 37.5 Å². The molecule has 0 bridgehead atoms. The van der Waals surface area contributed by atoms with E-state index in [0.29, 0.717) is 18.2 Å². The number of aromatic nitrogens is 3. The molecule has 0 aliphatic carbocycles. The Morgan fingerprint density at radius 3 is 2.57 bits per heavy atom. The van der Waals surface area contributed by atoms with Crippen molar-refractivity contribution in [3.63, 3.8) is 0 Å². The van der Waals surface area contributed by atoms with Gasteiger partial charge in [0.2, 0.25) is 5.95 Å². The van der Waals surface area contributed by atoms with Gasteiger partial charge in [-0.15, -0.1) is 0 Å². The van der Waals surface area contributed by atoms with Crippen LogP contribution >= 0.6 is 23.2 Å². The second kappa shape index (κ2) is 11.4. The number of hydrogen-bond acceptors (Lipinski definition) is 7. The summed E-state index contributed by atoms with van der Waals surface area (Å²) in [5.74, 6) is 0.443. The highest BCUT2D eigenvalue weighted by molar-refractivity contribution is 7.92. The summed E-state index contributed by atoms with van der Waals surface area (Å²) in [5, 5.41) is 3.97. The monoisotopic (exact) mass is 561 g/mol. The van der Waals surface area contributed by atoms with Crippen LogP contribution in [0.2, 0.25) is 10.0 Å². The summed E-state index contributed by atoms with van der Waals surface area (Å²) >= 11 is 12.2. The molecule has 0 saturated carbocycles. The Labute approximate surface area is 225 Å². The van der Waals surface area contributed by atoms with E-state index < -0.39 is 22.5 Å². The minimum Gasteiger partial charge on any atom is -0.464 e. The van der Waals surface area contributed by atoms with Crippen molar-refractivity contribution in [2.24, 2.45) is 0 Å². The van der Waals surface area contributed by atoms with Crippen LogP contribution < -0.4 is 9.62 Å². The zero-order chi connectivity index (χ0) is 26.6. The highest BCUT2D eigenvalue weighted by atomic mass is 35.5. The smallest absolute Gasteiger partial charge is 0.326 e. The fraction of sp³-hybridized carbons (Fsp3) is 0.240. The van der Waals surface area contributed by atoms with Crippen LogP contribution in [0, 0.1) is 0 Å². The van der Waals surface area contributed by atoms with Crippen molar-refractivity contribution in [3.05, 3.63) is 71.0 Å². The lowest BCUT2D eigenvalue weighted by Gasteiger charge is -2.24. The number of halogens is 2. The van der Waals surface area contributed by atoms with Crippen molar-refractivity contribution in [3.8, 4) is 5.82 Å². The molecule has 0 fully saturated rings. The lowest BCUT2D eigenvalue weighted by molar-refractivity contribution is -0.141. The standard InChI is InChI=1S/C25H25Cl2N5O4S/c1-3-4-11-36-24(33)16-32(37(34,35)21-14-18(26)13-19(27)15-21)20-5-6-22-17(12-20)8-10-31(22)23-7-9-29-25(28-2)30-23/h5-10,12-15H,3-4,11,16H2,1-2H3,(H,28,29,30). The Hall–Kier alpha value is -3.34. The van der Waals surface area contributed by atoms with E-state index in [9.17, 15) is 13.2 Å². The first-order valence-electron chi connectivity index (χ1n) is 11.5. The highest BCUT2D eigenvalue weighted by Crippen LogP contribution is 2.31. The fourth-order valence-electron chi connectivity index (χ4n) is 3.70. The number of carbonyl (C=O) groups is 1. The summed E-state index contributed by atoms with van der Waals surface area (Å²) in [5.41, 5.74) is 1.07. The summed E-state index contributed by atoms with van der Waals surface area (Å²) < 4.78 is 35.5. The molecule has 0 saturated heterocycles. The van der Waals surface area contributed by atoms with Gasteiger partial charge in [0.25, 0.3) is 10.0 Å². The first-order valence-corrected chi connectivity index (χ1v) is 13.7. The second-order valence-corrected chi connectivity index (χ2v) is 10.8. The van der Waals surface area contributed by atoms with Gasteiger partial charge in [-0.25, -0.2) is 13.4 Å². The molecule has 0 radical (unpaired) electrons. The van der Waals surface area contributed by atoms with E-state index in [2.05, 4.69) is 15.3 Å². The number of esters is 1. The van der Waals surface area contributed by atoms with Crippen molar-refractivity contribution in [2.45, 2.75) is 24.7 Å². The minimum atomic E-state index is -4.22. The Bertz CT molecular complexity index is 1520. The van der Waals surface area contributed by atoms with Crippen LogP contribution in [-0.2, 0) is 19.6 Å². The Balaban J connectivity index is 1.76. The molecule has 2 heterocycles. The number of sulfonamides is 1. The maximum Gasteiger partial charge on any atom is 0.326 e. The molecule has 1 N–H and O–H groups in total. The van der Waals surface area contributed by atoms with Crippen molar-refractivity contribution in [2.75, 3.05) is 29.8 Å². The van der Waals surface area contributed by atoms with Crippen molar-refractivity contribution < 1.29 is 17.9 Å². The van der Waals surface area contributed by atoms with Crippen LogP contribution in [0.3, 0.4) is 0 Å². The molecule has 0 spiro atoms. The summed E-state index contributed by atoms with van der Waals surface area (Å²) in [6, 6.07) is 12.7. The van der Waals surface area contributed by atoms with Crippen LogP contribution in [0.1, 0.15) is 19.8 Å².